The van der Waals surface area contributed by atoms with E-state index in [2.05, 4.69) is 5.32 Å². The Morgan fingerprint density at radius 1 is 1.11 bits per heavy atom. The predicted molar refractivity (Wildman–Crippen MR) is 76.1 cm³/mol. The van der Waals surface area contributed by atoms with Crippen molar-refractivity contribution >= 4 is 0 Å². The van der Waals surface area contributed by atoms with Crippen molar-refractivity contribution in [3.63, 3.8) is 0 Å². The Balaban J connectivity index is 1.99. The summed E-state index contributed by atoms with van der Waals surface area (Å²) < 4.78 is 5.73. The lowest BCUT2D eigenvalue weighted by atomic mass is 10.1. The van der Waals surface area contributed by atoms with Crippen molar-refractivity contribution in [1.29, 1.82) is 0 Å². The molecule has 0 radical (unpaired) electrons. The fourth-order valence-electron chi connectivity index (χ4n) is 1.86. The summed E-state index contributed by atoms with van der Waals surface area (Å²) >= 11 is 0. The Morgan fingerprint density at radius 2 is 1.89 bits per heavy atom. The smallest absolute Gasteiger partial charge is 0.120 e. The van der Waals surface area contributed by atoms with Crippen LogP contribution in [0.3, 0.4) is 0 Å². The highest BCUT2D eigenvalue weighted by atomic mass is 16.5. The normalized spacial score (nSPS) is 12.1. The quantitative estimate of drug-likeness (QED) is 0.835. The van der Waals surface area contributed by atoms with Crippen LogP contribution in [0.15, 0.2) is 54.6 Å². The number of likely N-dealkylation sites (N-methyl/N-ethyl adjacent to an activating group) is 1. The average Bonchev–Trinajstić information content (AvgIpc) is 2.47. The molecule has 2 aromatic carbocycles. The molecule has 2 aromatic rings. The first kappa shape index (κ1) is 13.6. The van der Waals surface area contributed by atoms with Crippen molar-refractivity contribution in [2.45, 2.75) is 12.7 Å². The number of benzene rings is 2. The van der Waals surface area contributed by atoms with Gasteiger partial charge < -0.3 is 15.2 Å². The van der Waals surface area contributed by atoms with Crippen molar-refractivity contribution in [3.8, 4) is 5.75 Å². The summed E-state index contributed by atoms with van der Waals surface area (Å²) in [5.74, 6) is 0.775. The zero-order valence-corrected chi connectivity index (χ0v) is 11.0. The minimum Gasteiger partial charge on any atom is -0.489 e. The zero-order chi connectivity index (χ0) is 13.5. The highest BCUT2D eigenvalue weighted by molar-refractivity contribution is 5.30. The third-order valence-corrected chi connectivity index (χ3v) is 2.89. The maximum absolute atomic E-state index is 9.91. The molecule has 1 atom stereocenters. The van der Waals surface area contributed by atoms with Gasteiger partial charge in [-0.25, -0.2) is 0 Å². The number of aliphatic hydroxyl groups excluding tert-OH is 1. The number of ether oxygens (including phenoxy) is 1. The van der Waals surface area contributed by atoms with Gasteiger partial charge in [-0.1, -0.05) is 42.5 Å². The van der Waals surface area contributed by atoms with E-state index in [1.807, 2.05) is 61.6 Å². The van der Waals surface area contributed by atoms with Crippen molar-refractivity contribution in [1.82, 2.24) is 5.32 Å². The molecule has 0 saturated carbocycles. The average molecular weight is 257 g/mol. The molecule has 3 nitrogen and oxygen atoms in total. The van der Waals surface area contributed by atoms with Crippen LogP contribution in [0.1, 0.15) is 17.2 Å². The number of aliphatic hydroxyl groups is 1. The van der Waals surface area contributed by atoms with Gasteiger partial charge in [-0.3, -0.25) is 0 Å². The first-order valence-corrected chi connectivity index (χ1v) is 6.39. The lowest BCUT2D eigenvalue weighted by molar-refractivity contribution is 0.177. The molecule has 19 heavy (non-hydrogen) atoms. The van der Waals surface area contributed by atoms with Gasteiger partial charge in [0, 0.05) is 6.54 Å². The lowest BCUT2D eigenvalue weighted by Gasteiger charge is -2.12. The summed E-state index contributed by atoms with van der Waals surface area (Å²) in [6.07, 6.45) is -0.509. The number of hydrogen-bond acceptors (Lipinski definition) is 3. The van der Waals surface area contributed by atoms with E-state index < -0.39 is 6.10 Å². The van der Waals surface area contributed by atoms with Gasteiger partial charge in [0.25, 0.3) is 0 Å². The Morgan fingerprint density at radius 3 is 2.63 bits per heavy atom. The minimum atomic E-state index is -0.509. The topological polar surface area (TPSA) is 41.5 Å². The molecule has 2 rings (SSSR count). The third kappa shape index (κ3) is 4.09. The van der Waals surface area contributed by atoms with E-state index in [0.29, 0.717) is 13.2 Å². The predicted octanol–water partition coefficient (Wildman–Crippen LogP) is 2.52. The Kier molecular flexibility index (Phi) is 4.95. The summed E-state index contributed by atoms with van der Waals surface area (Å²) in [6.45, 7) is 1.06. The molecule has 100 valence electrons. The monoisotopic (exact) mass is 257 g/mol. The minimum absolute atomic E-state index is 0.509. The summed E-state index contributed by atoms with van der Waals surface area (Å²) in [4.78, 5) is 0. The van der Waals surface area contributed by atoms with E-state index >= 15 is 0 Å². The van der Waals surface area contributed by atoms with E-state index in [0.717, 1.165) is 16.9 Å². The standard InChI is InChI=1S/C16H19NO2/c1-17-11-16(18)14-8-5-9-15(10-14)19-12-13-6-3-2-4-7-13/h2-10,16-18H,11-12H2,1H3/t16-/m0/s1. The third-order valence-electron chi connectivity index (χ3n) is 2.89. The Hall–Kier alpha value is -1.84. The maximum atomic E-state index is 9.91. The van der Waals surface area contributed by atoms with E-state index in [-0.39, 0.29) is 0 Å². The second-order valence-electron chi connectivity index (χ2n) is 4.42. The van der Waals surface area contributed by atoms with Crippen molar-refractivity contribution in [2.24, 2.45) is 0 Å². The van der Waals surface area contributed by atoms with Gasteiger partial charge in [0.05, 0.1) is 6.10 Å². The molecule has 0 heterocycles. The molecule has 0 amide bonds. The fourth-order valence-corrected chi connectivity index (χ4v) is 1.86. The second-order valence-corrected chi connectivity index (χ2v) is 4.42. The molecule has 0 fully saturated rings. The molecule has 0 saturated heterocycles. The van der Waals surface area contributed by atoms with E-state index in [9.17, 15) is 5.11 Å². The molecular formula is C16H19NO2. The fraction of sp³-hybridized carbons (Fsp3) is 0.250. The summed E-state index contributed by atoms with van der Waals surface area (Å²) in [6, 6.07) is 17.6. The summed E-state index contributed by atoms with van der Waals surface area (Å²) in [7, 11) is 1.82. The zero-order valence-electron chi connectivity index (χ0n) is 11.0. The first-order valence-electron chi connectivity index (χ1n) is 6.39. The van der Waals surface area contributed by atoms with E-state index in [1.54, 1.807) is 0 Å². The molecule has 2 N–H and O–H groups in total. The maximum Gasteiger partial charge on any atom is 0.120 e. The van der Waals surface area contributed by atoms with E-state index in [1.165, 1.54) is 0 Å². The van der Waals surface area contributed by atoms with Gasteiger partial charge in [-0.15, -0.1) is 0 Å². The highest BCUT2D eigenvalue weighted by Crippen LogP contribution is 2.19. The first-order chi connectivity index (χ1) is 9.29. The molecule has 0 aromatic heterocycles. The van der Waals surface area contributed by atoms with Crippen LogP contribution in [0.4, 0.5) is 0 Å². The van der Waals surface area contributed by atoms with Crippen LogP contribution in [-0.4, -0.2) is 18.7 Å². The van der Waals surface area contributed by atoms with Crippen LogP contribution in [0.5, 0.6) is 5.75 Å². The highest BCUT2D eigenvalue weighted by Gasteiger charge is 2.07. The van der Waals surface area contributed by atoms with Crippen LogP contribution in [0, 0.1) is 0 Å². The molecular weight excluding hydrogens is 238 g/mol. The van der Waals surface area contributed by atoms with Crippen LogP contribution < -0.4 is 10.1 Å². The molecule has 0 aliphatic heterocycles. The van der Waals surface area contributed by atoms with Gasteiger partial charge in [0.15, 0.2) is 0 Å². The van der Waals surface area contributed by atoms with Crippen LogP contribution in [0.25, 0.3) is 0 Å². The van der Waals surface area contributed by atoms with E-state index in [4.69, 9.17) is 4.74 Å². The van der Waals surface area contributed by atoms with Crippen molar-refractivity contribution in [2.75, 3.05) is 13.6 Å². The van der Waals surface area contributed by atoms with Crippen LogP contribution >= 0.6 is 0 Å². The lowest BCUT2D eigenvalue weighted by Crippen LogP contribution is -2.16. The number of hydrogen-bond donors (Lipinski definition) is 2. The van der Waals surface area contributed by atoms with Crippen molar-refractivity contribution in [3.05, 3.63) is 65.7 Å². The molecule has 3 heteroatoms. The van der Waals surface area contributed by atoms with Gasteiger partial charge >= 0.3 is 0 Å². The van der Waals surface area contributed by atoms with Crippen LogP contribution in [-0.2, 0) is 6.61 Å². The Bertz CT molecular complexity index is 499. The largest absolute Gasteiger partial charge is 0.489 e. The molecule has 0 aliphatic carbocycles. The number of rotatable bonds is 6. The summed E-state index contributed by atoms with van der Waals surface area (Å²) in [5, 5.41) is 12.9. The van der Waals surface area contributed by atoms with Crippen molar-refractivity contribution < 1.29 is 9.84 Å². The van der Waals surface area contributed by atoms with Crippen LogP contribution in [0.2, 0.25) is 0 Å². The second kappa shape index (κ2) is 6.92. The molecule has 0 aliphatic rings. The van der Waals surface area contributed by atoms with Gasteiger partial charge in [0.2, 0.25) is 0 Å². The van der Waals surface area contributed by atoms with Gasteiger partial charge in [0.1, 0.15) is 12.4 Å². The summed E-state index contributed by atoms with van der Waals surface area (Å²) in [5.41, 5.74) is 1.99. The molecule has 0 unspecified atom stereocenters. The molecule has 0 bridgehead atoms. The SMILES string of the molecule is CNC[C@H](O)c1cccc(OCc2ccccc2)c1. The van der Waals surface area contributed by atoms with Gasteiger partial charge in [-0.05, 0) is 30.3 Å². The van der Waals surface area contributed by atoms with Gasteiger partial charge in [-0.2, -0.15) is 0 Å². The molecule has 0 spiro atoms. The Labute approximate surface area is 113 Å². The number of nitrogens with one attached hydrogen (secondary N) is 1.